The van der Waals surface area contributed by atoms with Gasteiger partial charge in [0, 0.05) is 25.4 Å². The van der Waals surface area contributed by atoms with Crippen molar-refractivity contribution < 1.29 is 9.21 Å². The van der Waals surface area contributed by atoms with Gasteiger partial charge >= 0.3 is 6.01 Å². The number of carbonyl (C=O) groups excluding carboxylic acids is 1. The predicted octanol–water partition coefficient (Wildman–Crippen LogP) is 1.09. The molecule has 6 heteroatoms. The number of anilines is 1. The van der Waals surface area contributed by atoms with E-state index in [4.69, 9.17) is 4.42 Å². The van der Waals surface area contributed by atoms with Crippen LogP contribution in [0, 0.1) is 6.92 Å². The summed E-state index contributed by atoms with van der Waals surface area (Å²) in [4.78, 5) is 11.4. The molecule has 0 saturated carbocycles. The molecule has 1 amide bonds. The first-order valence-electron chi connectivity index (χ1n) is 5.22. The van der Waals surface area contributed by atoms with E-state index in [1.165, 1.54) is 0 Å². The maximum Gasteiger partial charge on any atom is 0.322 e. The van der Waals surface area contributed by atoms with Crippen molar-refractivity contribution in [3.05, 3.63) is 5.89 Å². The molecule has 0 saturated heterocycles. The highest BCUT2D eigenvalue weighted by Gasteiger charge is 2.11. The van der Waals surface area contributed by atoms with Gasteiger partial charge < -0.3 is 9.73 Å². The normalized spacial score (nSPS) is 11.5. The fourth-order valence-electron chi connectivity index (χ4n) is 1.08. The monoisotopic (exact) mass is 226 g/mol. The van der Waals surface area contributed by atoms with Crippen molar-refractivity contribution >= 4 is 11.9 Å². The molecule has 0 aliphatic heterocycles. The summed E-state index contributed by atoms with van der Waals surface area (Å²) in [5, 5.41) is 13.0. The number of aromatic nitrogens is 2. The third kappa shape index (κ3) is 4.88. The van der Waals surface area contributed by atoms with Crippen LogP contribution in [0.3, 0.4) is 0 Å². The van der Waals surface area contributed by atoms with Crippen molar-refractivity contribution in [1.82, 2.24) is 15.5 Å². The average Bonchev–Trinajstić information content (AvgIpc) is 2.48. The molecule has 1 aromatic heterocycles. The number of nitrogens with one attached hydrogen (secondary N) is 2. The van der Waals surface area contributed by atoms with E-state index in [2.05, 4.69) is 20.8 Å². The van der Waals surface area contributed by atoms with Crippen LogP contribution in [0.15, 0.2) is 4.42 Å². The molecule has 1 aromatic rings. The van der Waals surface area contributed by atoms with Crippen LogP contribution in [0.4, 0.5) is 6.01 Å². The molecule has 1 rings (SSSR count). The van der Waals surface area contributed by atoms with Crippen LogP contribution in [0.25, 0.3) is 0 Å². The van der Waals surface area contributed by atoms with Gasteiger partial charge in [0.2, 0.25) is 11.8 Å². The number of hydrogen-bond acceptors (Lipinski definition) is 5. The van der Waals surface area contributed by atoms with Crippen LogP contribution < -0.4 is 10.6 Å². The minimum absolute atomic E-state index is 0.0152. The Hall–Kier alpha value is -1.43. The molecule has 90 valence electrons. The zero-order chi connectivity index (χ0) is 12.2. The van der Waals surface area contributed by atoms with Gasteiger partial charge in [0.25, 0.3) is 0 Å². The first-order valence-corrected chi connectivity index (χ1v) is 5.22. The molecule has 1 heterocycles. The molecule has 0 bridgehead atoms. The summed E-state index contributed by atoms with van der Waals surface area (Å²) in [6.45, 7) is 8.43. The van der Waals surface area contributed by atoms with Gasteiger partial charge in [0.1, 0.15) is 0 Å². The maximum atomic E-state index is 11.4. The minimum atomic E-state index is -0.139. The summed E-state index contributed by atoms with van der Waals surface area (Å²) in [6, 6.07) is 0.151. The van der Waals surface area contributed by atoms with Crippen LogP contribution in [0.5, 0.6) is 0 Å². The summed E-state index contributed by atoms with van der Waals surface area (Å²) in [5.74, 6) is 0.295. The van der Waals surface area contributed by atoms with Crippen molar-refractivity contribution in [2.24, 2.45) is 0 Å². The lowest BCUT2D eigenvalue weighted by Crippen LogP contribution is -2.37. The van der Waals surface area contributed by atoms with Crippen LogP contribution in [0.2, 0.25) is 0 Å². The molecule has 6 nitrogen and oxygen atoms in total. The Bertz CT molecular complexity index is 354. The standard InChI is InChI=1S/C10H18N4O2/c1-7-13-14-9(16-7)12-8(15)5-6-11-10(2,3)4/h11H,5-6H2,1-4H3,(H,12,14,15). The Labute approximate surface area is 94.8 Å². The van der Waals surface area contributed by atoms with Gasteiger partial charge in [0.05, 0.1) is 0 Å². The molecule has 0 aromatic carbocycles. The molecule has 2 N–H and O–H groups in total. The highest BCUT2D eigenvalue weighted by Crippen LogP contribution is 2.04. The number of carbonyl (C=O) groups is 1. The predicted molar refractivity (Wildman–Crippen MR) is 60.0 cm³/mol. The lowest BCUT2D eigenvalue weighted by Gasteiger charge is -2.19. The molecule has 0 radical (unpaired) electrons. The topological polar surface area (TPSA) is 80.0 Å². The van der Waals surface area contributed by atoms with Crippen molar-refractivity contribution in [3.63, 3.8) is 0 Å². The second kappa shape index (κ2) is 5.07. The van der Waals surface area contributed by atoms with Crippen molar-refractivity contribution in [2.45, 2.75) is 39.7 Å². The Morgan fingerprint density at radius 1 is 1.38 bits per heavy atom. The van der Waals surface area contributed by atoms with E-state index < -0.39 is 0 Å². The molecule has 0 aliphatic rings. The third-order valence-corrected chi connectivity index (χ3v) is 1.78. The van der Waals surface area contributed by atoms with E-state index >= 15 is 0 Å². The molecule has 0 atom stereocenters. The Balaban J connectivity index is 2.26. The highest BCUT2D eigenvalue weighted by atomic mass is 16.4. The zero-order valence-electron chi connectivity index (χ0n) is 10.1. The van der Waals surface area contributed by atoms with Gasteiger partial charge in [-0.2, -0.15) is 0 Å². The van der Waals surface area contributed by atoms with Crippen molar-refractivity contribution in [2.75, 3.05) is 11.9 Å². The van der Waals surface area contributed by atoms with E-state index in [1.807, 2.05) is 20.8 Å². The van der Waals surface area contributed by atoms with E-state index in [1.54, 1.807) is 6.92 Å². The molecule has 0 unspecified atom stereocenters. The quantitative estimate of drug-likeness (QED) is 0.803. The lowest BCUT2D eigenvalue weighted by atomic mass is 10.1. The van der Waals surface area contributed by atoms with Crippen LogP contribution >= 0.6 is 0 Å². The van der Waals surface area contributed by atoms with Crippen LogP contribution in [-0.4, -0.2) is 28.2 Å². The van der Waals surface area contributed by atoms with Crippen molar-refractivity contribution in [3.8, 4) is 0 Å². The Morgan fingerprint density at radius 3 is 2.56 bits per heavy atom. The van der Waals surface area contributed by atoms with Gasteiger partial charge in [0.15, 0.2) is 0 Å². The van der Waals surface area contributed by atoms with E-state index in [0.29, 0.717) is 18.9 Å². The van der Waals surface area contributed by atoms with Crippen LogP contribution in [0.1, 0.15) is 33.1 Å². The molecule has 0 fully saturated rings. The molecule has 16 heavy (non-hydrogen) atoms. The summed E-state index contributed by atoms with van der Waals surface area (Å²) in [6.07, 6.45) is 0.374. The first kappa shape index (κ1) is 12.6. The molecule has 0 aliphatic carbocycles. The summed E-state index contributed by atoms with van der Waals surface area (Å²) >= 11 is 0. The number of amides is 1. The first-order chi connectivity index (χ1) is 7.37. The average molecular weight is 226 g/mol. The van der Waals surface area contributed by atoms with E-state index in [9.17, 15) is 4.79 Å². The maximum absolute atomic E-state index is 11.4. The van der Waals surface area contributed by atoms with Gasteiger partial charge in [-0.25, -0.2) is 0 Å². The molecular formula is C10H18N4O2. The zero-order valence-corrected chi connectivity index (χ0v) is 10.1. The molecular weight excluding hydrogens is 208 g/mol. The SMILES string of the molecule is Cc1nnc(NC(=O)CCNC(C)(C)C)o1. The summed E-state index contributed by atoms with van der Waals surface area (Å²) < 4.78 is 5.03. The molecule has 0 spiro atoms. The number of nitrogens with zero attached hydrogens (tertiary/aromatic N) is 2. The van der Waals surface area contributed by atoms with Gasteiger partial charge in [-0.15, -0.1) is 5.10 Å². The fraction of sp³-hybridized carbons (Fsp3) is 0.700. The minimum Gasteiger partial charge on any atom is -0.408 e. The van der Waals surface area contributed by atoms with Crippen LogP contribution in [-0.2, 0) is 4.79 Å². The third-order valence-electron chi connectivity index (χ3n) is 1.78. The highest BCUT2D eigenvalue weighted by molar-refractivity contribution is 5.88. The van der Waals surface area contributed by atoms with Crippen molar-refractivity contribution in [1.29, 1.82) is 0 Å². The summed E-state index contributed by atoms with van der Waals surface area (Å²) in [7, 11) is 0. The Morgan fingerprint density at radius 2 is 2.06 bits per heavy atom. The van der Waals surface area contributed by atoms with E-state index in [0.717, 1.165) is 0 Å². The van der Waals surface area contributed by atoms with Gasteiger partial charge in [-0.05, 0) is 20.8 Å². The number of hydrogen-bond donors (Lipinski definition) is 2. The second-order valence-electron chi connectivity index (χ2n) is 4.60. The number of aryl methyl sites for hydroxylation is 1. The lowest BCUT2D eigenvalue weighted by molar-refractivity contribution is -0.116. The largest absolute Gasteiger partial charge is 0.408 e. The fourth-order valence-corrected chi connectivity index (χ4v) is 1.08. The van der Waals surface area contributed by atoms with E-state index in [-0.39, 0.29) is 17.5 Å². The second-order valence-corrected chi connectivity index (χ2v) is 4.60. The van der Waals surface area contributed by atoms with Gasteiger partial charge in [-0.1, -0.05) is 5.10 Å². The Kier molecular flexibility index (Phi) is 4.00. The smallest absolute Gasteiger partial charge is 0.322 e. The van der Waals surface area contributed by atoms with Gasteiger partial charge in [-0.3, -0.25) is 10.1 Å². The summed E-state index contributed by atoms with van der Waals surface area (Å²) in [5.41, 5.74) is 0.0152. The number of rotatable bonds is 4.